The lowest BCUT2D eigenvalue weighted by atomic mass is 10.0. The average molecular weight is 178 g/mol. The number of nitro groups is 1. The van der Waals surface area contributed by atoms with Crippen molar-refractivity contribution in [2.24, 2.45) is 0 Å². The van der Waals surface area contributed by atoms with Crippen LogP contribution in [-0.2, 0) is 13.0 Å². The third-order valence-corrected chi connectivity index (χ3v) is 2.34. The maximum Gasteiger partial charge on any atom is 0.160 e. The van der Waals surface area contributed by atoms with Crippen LogP contribution < -0.4 is 0 Å². The molecule has 0 aliphatic carbocycles. The Bertz CT molecular complexity index is 338. The molecule has 0 unspecified atom stereocenters. The molecule has 0 fully saturated rings. The first-order valence-corrected chi connectivity index (χ1v) is 4.23. The van der Waals surface area contributed by atoms with Crippen molar-refractivity contribution in [3.63, 3.8) is 0 Å². The molecule has 0 N–H and O–H groups in total. The smallest absolute Gasteiger partial charge is 0.160 e. The normalized spacial score (nSPS) is 15.2. The largest absolute Gasteiger partial charge is 0.235 e. The summed E-state index contributed by atoms with van der Waals surface area (Å²) >= 11 is 0. The van der Waals surface area contributed by atoms with Gasteiger partial charge in [0.2, 0.25) is 0 Å². The number of nitrogens with zero attached hydrogens (tertiary/aromatic N) is 2. The molecular weight excluding hydrogens is 168 g/mol. The molecule has 13 heavy (non-hydrogen) atoms. The van der Waals surface area contributed by atoms with E-state index in [1.165, 1.54) is 10.6 Å². The molecule has 1 aromatic rings. The summed E-state index contributed by atoms with van der Waals surface area (Å²) in [5.74, 6) is 0. The molecule has 0 aromatic heterocycles. The van der Waals surface area contributed by atoms with Crippen LogP contribution in [0, 0.1) is 10.1 Å². The highest BCUT2D eigenvalue weighted by molar-refractivity contribution is 5.28. The molecule has 1 aliphatic rings. The molecule has 2 rings (SSSR count). The lowest BCUT2D eigenvalue weighted by molar-refractivity contribution is -0.660. The number of fused-ring (bicyclic) bond motifs is 1. The van der Waals surface area contributed by atoms with Gasteiger partial charge in [-0.05, 0) is 17.5 Å². The summed E-state index contributed by atoms with van der Waals surface area (Å²) < 4.78 is 0. The maximum absolute atomic E-state index is 10.5. The first-order valence-electron chi connectivity index (χ1n) is 4.23. The molecule has 1 aliphatic heterocycles. The first-order chi connectivity index (χ1) is 6.27. The van der Waals surface area contributed by atoms with Gasteiger partial charge in [-0.25, -0.2) is 10.1 Å². The zero-order valence-electron chi connectivity index (χ0n) is 7.14. The van der Waals surface area contributed by atoms with Crippen LogP contribution in [0.2, 0.25) is 0 Å². The van der Waals surface area contributed by atoms with E-state index in [-0.39, 0.29) is 5.03 Å². The van der Waals surface area contributed by atoms with Crippen LogP contribution in [0.5, 0.6) is 0 Å². The number of benzene rings is 1. The minimum Gasteiger partial charge on any atom is -0.235 e. The van der Waals surface area contributed by atoms with Crippen LogP contribution in [0.4, 0.5) is 0 Å². The summed E-state index contributed by atoms with van der Waals surface area (Å²) in [4.78, 5) is 10.5. The molecule has 1 aromatic carbocycles. The van der Waals surface area contributed by atoms with E-state index in [1.54, 1.807) is 0 Å². The van der Waals surface area contributed by atoms with Crippen molar-refractivity contribution in [2.75, 3.05) is 6.54 Å². The highest BCUT2D eigenvalue weighted by Gasteiger charge is 2.21. The molecule has 4 heteroatoms. The van der Waals surface area contributed by atoms with Gasteiger partial charge in [-0.15, -0.1) is 5.01 Å². The van der Waals surface area contributed by atoms with Crippen LogP contribution in [0.15, 0.2) is 24.3 Å². The summed E-state index contributed by atoms with van der Waals surface area (Å²) in [5, 5.41) is 11.4. The molecular formula is C9H10N2O2. The number of hydrogen-bond donors (Lipinski definition) is 0. The fraction of sp³-hybridized carbons (Fsp3) is 0.333. The van der Waals surface area contributed by atoms with Crippen molar-refractivity contribution in [3.05, 3.63) is 45.5 Å². The number of hydrogen-bond acceptors (Lipinski definition) is 2. The van der Waals surface area contributed by atoms with E-state index in [4.69, 9.17) is 0 Å². The predicted octanol–water partition coefficient (Wildman–Crippen LogP) is 1.24. The standard InChI is InChI=1S/C9H10N2O2/c12-11(13)10-6-5-8-3-1-2-4-9(8)7-10/h1-4H,5-7H2. The van der Waals surface area contributed by atoms with Crippen LogP contribution in [-0.4, -0.2) is 16.6 Å². The quantitative estimate of drug-likeness (QED) is 0.480. The Kier molecular flexibility index (Phi) is 1.88. The van der Waals surface area contributed by atoms with Gasteiger partial charge in [0.1, 0.15) is 6.54 Å². The van der Waals surface area contributed by atoms with Gasteiger partial charge in [-0.3, -0.25) is 0 Å². The minimum absolute atomic E-state index is 0.323. The first kappa shape index (κ1) is 8.04. The lowest BCUT2D eigenvalue weighted by Crippen LogP contribution is -2.35. The summed E-state index contributed by atoms with van der Waals surface area (Å²) in [6, 6.07) is 7.88. The Morgan fingerprint density at radius 3 is 2.69 bits per heavy atom. The second-order valence-corrected chi connectivity index (χ2v) is 3.14. The molecule has 4 nitrogen and oxygen atoms in total. The third kappa shape index (κ3) is 1.47. The Balaban J connectivity index is 2.24. The van der Waals surface area contributed by atoms with Gasteiger partial charge in [-0.2, -0.15) is 0 Å². The maximum atomic E-state index is 10.5. The van der Waals surface area contributed by atoms with Crippen molar-refractivity contribution in [1.82, 2.24) is 5.01 Å². The van der Waals surface area contributed by atoms with Gasteiger partial charge in [0.25, 0.3) is 0 Å². The van der Waals surface area contributed by atoms with E-state index in [0.29, 0.717) is 13.1 Å². The third-order valence-electron chi connectivity index (χ3n) is 2.34. The predicted molar refractivity (Wildman–Crippen MR) is 47.6 cm³/mol. The molecule has 0 radical (unpaired) electrons. The topological polar surface area (TPSA) is 46.4 Å². The van der Waals surface area contributed by atoms with Crippen LogP contribution in [0.1, 0.15) is 11.1 Å². The molecule has 0 saturated carbocycles. The van der Waals surface area contributed by atoms with E-state index in [9.17, 15) is 10.1 Å². The van der Waals surface area contributed by atoms with Gasteiger partial charge in [0.05, 0.1) is 6.54 Å². The second kappa shape index (κ2) is 3.05. The summed E-state index contributed by atoms with van der Waals surface area (Å²) in [7, 11) is 0. The fourth-order valence-electron chi connectivity index (χ4n) is 1.62. The molecule has 1 heterocycles. The van der Waals surface area contributed by atoms with Crippen LogP contribution >= 0.6 is 0 Å². The second-order valence-electron chi connectivity index (χ2n) is 3.14. The zero-order chi connectivity index (χ0) is 9.26. The van der Waals surface area contributed by atoms with Gasteiger partial charge in [0.15, 0.2) is 5.03 Å². The SMILES string of the molecule is O=[N+]([O-])N1CCc2ccccc2C1. The van der Waals surface area contributed by atoms with E-state index < -0.39 is 0 Å². The van der Waals surface area contributed by atoms with Crippen molar-refractivity contribution >= 4 is 0 Å². The molecule has 0 atom stereocenters. The Hall–Kier alpha value is -1.58. The van der Waals surface area contributed by atoms with E-state index >= 15 is 0 Å². The molecule has 0 bridgehead atoms. The highest BCUT2D eigenvalue weighted by atomic mass is 16.7. The minimum atomic E-state index is -0.323. The zero-order valence-corrected chi connectivity index (χ0v) is 7.14. The van der Waals surface area contributed by atoms with Gasteiger partial charge < -0.3 is 0 Å². The van der Waals surface area contributed by atoms with Gasteiger partial charge >= 0.3 is 0 Å². The lowest BCUT2D eigenvalue weighted by Gasteiger charge is -2.21. The Labute approximate surface area is 75.9 Å². The summed E-state index contributed by atoms with van der Waals surface area (Å²) in [5.41, 5.74) is 2.31. The van der Waals surface area contributed by atoms with Crippen molar-refractivity contribution in [2.45, 2.75) is 13.0 Å². The van der Waals surface area contributed by atoms with Gasteiger partial charge in [-0.1, -0.05) is 24.3 Å². The van der Waals surface area contributed by atoms with Crippen molar-refractivity contribution in [3.8, 4) is 0 Å². The number of hydrazine groups is 1. The van der Waals surface area contributed by atoms with Crippen LogP contribution in [0.25, 0.3) is 0 Å². The Morgan fingerprint density at radius 2 is 2.00 bits per heavy atom. The van der Waals surface area contributed by atoms with E-state index in [1.807, 2.05) is 24.3 Å². The Morgan fingerprint density at radius 1 is 1.31 bits per heavy atom. The van der Waals surface area contributed by atoms with Gasteiger partial charge in [0, 0.05) is 0 Å². The highest BCUT2D eigenvalue weighted by Crippen LogP contribution is 2.17. The summed E-state index contributed by atoms with van der Waals surface area (Å²) in [6.45, 7) is 0.952. The molecule has 0 saturated heterocycles. The van der Waals surface area contributed by atoms with E-state index in [2.05, 4.69) is 0 Å². The average Bonchev–Trinajstić information content (AvgIpc) is 2.17. The van der Waals surface area contributed by atoms with Crippen LogP contribution in [0.3, 0.4) is 0 Å². The van der Waals surface area contributed by atoms with E-state index in [0.717, 1.165) is 12.0 Å². The molecule has 0 spiro atoms. The molecule has 0 amide bonds. The summed E-state index contributed by atoms with van der Waals surface area (Å²) in [6.07, 6.45) is 0.775. The fourth-order valence-corrected chi connectivity index (χ4v) is 1.62. The van der Waals surface area contributed by atoms with Crippen molar-refractivity contribution < 1.29 is 5.03 Å². The number of rotatable bonds is 1. The monoisotopic (exact) mass is 178 g/mol. The molecule has 68 valence electrons. The van der Waals surface area contributed by atoms with Crippen molar-refractivity contribution in [1.29, 1.82) is 0 Å².